The fraction of sp³-hybridized carbons (Fsp3) is 0.333. The second kappa shape index (κ2) is 7.24. The van der Waals surface area contributed by atoms with Crippen molar-refractivity contribution in [2.24, 2.45) is 0 Å². The van der Waals surface area contributed by atoms with Crippen LogP contribution in [-0.4, -0.2) is 75.4 Å². The van der Waals surface area contributed by atoms with E-state index in [9.17, 15) is 19.5 Å². The molecule has 1 saturated heterocycles. The molecule has 12 nitrogen and oxygen atoms in total. The maximum Gasteiger partial charge on any atom is 0.353 e. The van der Waals surface area contributed by atoms with Crippen LogP contribution in [0.2, 0.25) is 0 Å². The van der Waals surface area contributed by atoms with E-state index in [2.05, 4.69) is 31.0 Å². The van der Waals surface area contributed by atoms with E-state index < -0.39 is 29.2 Å². The molecule has 2 aliphatic heterocycles. The van der Waals surface area contributed by atoms with Crippen LogP contribution in [0, 0.1) is 0 Å². The van der Waals surface area contributed by atoms with Crippen LogP contribution < -0.4 is 5.32 Å². The summed E-state index contributed by atoms with van der Waals surface area (Å²) in [5, 5.41) is 29.8. The second-order valence-electron chi connectivity index (χ2n) is 5.35. The van der Waals surface area contributed by atoms with Gasteiger partial charge in [0.1, 0.15) is 35.5 Å². The van der Waals surface area contributed by atoms with Crippen LogP contribution in [0.1, 0.15) is 0 Å². The molecular formula is C12H10N8O4S3. The molecule has 2 atom stereocenters. The minimum Gasteiger partial charge on any atom is -0.477 e. The number of carboxylic acid groups (broad SMARTS) is 1. The Morgan fingerprint density at radius 1 is 1.41 bits per heavy atom. The minimum atomic E-state index is -1.20. The van der Waals surface area contributed by atoms with Gasteiger partial charge in [0, 0.05) is 10.7 Å². The molecule has 0 aromatic carbocycles. The SMILES string of the molecule is O=C(Cn1cnnn1)N[C@@H]1C(=O)N2C(C(=O)O)=C(Sc3nncs3)CS[C@H]12. The van der Waals surface area contributed by atoms with Gasteiger partial charge in [-0.1, -0.05) is 23.1 Å². The Bertz CT molecular complexity index is 915. The zero-order valence-corrected chi connectivity index (χ0v) is 15.7. The van der Waals surface area contributed by atoms with Gasteiger partial charge in [-0.15, -0.1) is 27.1 Å². The van der Waals surface area contributed by atoms with Crippen molar-refractivity contribution in [1.29, 1.82) is 0 Å². The van der Waals surface area contributed by atoms with Crippen LogP contribution >= 0.6 is 34.9 Å². The van der Waals surface area contributed by atoms with E-state index in [4.69, 9.17) is 0 Å². The molecule has 2 amide bonds. The topological polar surface area (TPSA) is 156 Å². The molecule has 1 fully saturated rings. The van der Waals surface area contributed by atoms with E-state index in [-0.39, 0.29) is 12.2 Å². The number of hydrogen-bond acceptors (Lipinski definition) is 11. The van der Waals surface area contributed by atoms with Crippen LogP contribution in [-0.2, 0) is 20.9 Å². The molecule has 0 radical (unpaired) electrons. The molecule has 140 valence electrons. The number of nitrogens with zero attached hydrogens (tertiary/aromatic N) is 7. The molecule has 2 aliphatic rings. The highest BCUT2D eigenvalue weighted by Crippen LogP contribution is 2.45. The number of carbonyl (C=O) groups is 3. The van der Waals surface area contributed by atoms with Gasteiger partial charge in [0.2, 0.25) is 5.91 Å². The third-order valence-electron chi connectivity index (χ3n) is 3.70. The van der Waals surface area contributed by atoms with E-state index in [0.29, 0.717) is 15.0 Å². The number of carboxylic acids is 1. The maximum absolute atomic E-state index is 12.5. The first-order valence-corrected chi connectivity index (χ1v) is 10.1. The number of aromatic nitrogens is 6. The Labute approximate surface area is 163 Å². The summed E-state index contributed by atoms with van der Waals surface area (Å²) in [6, 6.07) is -0.790. The lowest BCUT2D eigenvalue weighted by Gasteiger charge is -2.49. The molecule has 0 bridgehead atoms. The number of nitrogens with one attached hydrogen (secondary N) is 1. The van der Waals surface area contributed by atoms with Gasteiger partial charge in [0.15, 0.2) is 4.34 Å². The van der Waals surface area contributed by atoms with Gasteiger partial charge in [0.05, 0.1) is 0 Å². The average Bonchev–Trinajstić information content (AvgIpc) is 3.33. The van der Waals surface area contributed by atoms with Crippen molar-refractivity contribution in [1.82, 2.24) is 40.6 Å². The normalized spacial score (nSPS) is 21.6. The highest BCUT2D eigenvalue weighted by molar-refractivity contribution is 8.07. The van der Waals surface area contributed by atoms with E-state index in [0.717, 1.165) is 0 Å². The summed E-state index contributed by atoms with van der Waals surface area (Å²) in [4.78, 5) is 38.1. The van der Waals surface area contributed by atoms with Gasteiger partial charge in [0.25, 0.3) is 5.91 Å². The standard InChI is InChI=1S/C12H10N8O4S3/c21-6(1-19-3-13-17-18-19)15-7-9(22)20-8(11(23)24)5(2-25-10(7)20)27-12-16-14-4-26-12/h3-4,7,10H,1-2H2,(H,15,21)(H,23,24)/t7-,10-/m1/s1. The molecular weight excluding hydrogens is 416 g/mol. The molecule has 2 aromatic rings. The van der Waals surface area contributed by atoms with Crippen molar-refractivity contribution < 1.29 is 19.5 Å². The molecule has 0 saturated carbocycles. The average molecular weight is 426 g/mol. The van der Waals surface area contributed by atoms with Crippen molar-refractivity contribution in [3.63, 3.8) is 0 Å². The summed E-state index contributed by atoms with van der Waals surface area (Å²) in [5.41, 5.74) is 1.47. The Morgan fingerprint density at radius 3 is 2.93 bits per heavy atom. The van der Waals surface area contributed by atoms with Gasteiger partial charge in [-0.05, 0) is 10.4 Å². The Kier molecular flexibility index (Phi) is 4.79. The van der Waals surface area contributed by atoms with E-state index in [1.54, 1.807) is 5.51 Å². The summed E-state index contributed by atoms with van der Waals surface area (Å²) < 4.78 is 1.82. The van der Waals surface area contributed by atoms with Crippen LogP contribution in [0.15, 0.2) is 26.8 Å². The van der Waals surface area contributed by atoms with Crippen LogP contribution in [0.25, 0.3) is 0 Å². The summed E-state index contributed by atoms with van der Waals surface area (Å²) in [5.74, 6) is -1.71. The van der Waals surface area contributed by atoms with Crippen molar-refractivity contribution in [3.8, 4) is 0 Å². The number of carbonyl (C=O) groups excluding carboxylic acids is 2. The summed E-state index contributed by atoms with van der Waals surface area (Å²) in [7, 11) is 0. The highest BCUT2D eigenvalue weighted by atomic mass is 32.2. The van der Waals surface area contributed by atoms with Crippen molar-refractivity contribution in [2.75, 3.05) is 5.75 Å². The largest absolute Gasteiger partial charge is 0.477 e. The molecule has 15 heteroatoms. The molecule has 0 aliphatic carbocycles. The lowest BCUT2D eigenvalue weighted by molar-refractivity contribution is -0.150. The predicted octanol–water partition coefficient (Wildman–Crippen LogP) is -0.987. The van der Waals surface area contributed by atoms with Crippen LogP contribution in [0.3, 0.4) is 0 Å². The number of rotatable bonds is 6. The van der Waals surface area contributed by atoms with Crippen molar-refractivity contribution >= 4 is 52.6 Å². The molecule has 27 heavy (non-hydrogen) atoms. The summed E-state index contributed by atoms with van der Waals surface area (Å²) in [6.07, 6.45) is 1.28. The van der Waals surface area contributed by atoms with E-state index in [1.807, 2.05) is 0 Å². The molecule has 4 heterocycles. The Morgan fingerprint density at radius 2 is 2.26 bits per heavy atom. The van der Waals surface area contributed by atoms with Gasteiger partial charge < -0.3 is 10.4 Å². The lowest BCUT2D eigenvalue weighted by atomic mass is 10.1. The molecule has 2 N–H and O–H groups in total. The van der Waals surface area contributed by atoms with Gasteiger partial charge in [-0.3, -0.25) is 14.5 Å². The number of fused-ring (bicyclic) bond motifs is 1. The lowest BCUT2D eigenvalue weighted by Crippen LogP contribution is -2.70. The first kappa shape index (κ1) is 17.9. The fourth-order valence-corrected chi connectivity index (χ4v) is 5.72. The van der Waals surface area contributed by atoms with Crippen molar-refractivity contribution in [3.05, 3.63) is 22.4 Å². The molecule has 4 rings (SSSR count). The van der Waals surface area contributed by atoms with Gasteiger partial charge >= 0.3 is 5.97 Å². The van der Waals surface area contributed by atoms with Gasteiger partial charge in [-0.25, -0.2) is 9.48 Å². The van der Waals surface area contributed by atoms with Gasteiger partial charge in [-0.2, -0.15) is 0 Å². The number of hydrogen-bond donors (Lipinski definition) is 2. The van der Waals surface area contributed by atoms with E-state index >= 15 is 0 Å². The van der Waals surface area contributed by atoms with Crippen molar-refractivity contribution in [2.45, 2.75) is 22.3 Å². The third kappa shape index (κ3) is 3.40. The van der Waals surface area contributed by atoms with E-state index in [1.165, 1.54) is 50.8 Å². The second-order valence-corrected chi connectivity index (χ2v) is 8.63. The minimum absolute atomic E-state index is 0.0741. The Balaban J connectivity index is 1.48. The number of thioether (sulfide) groups is 2. The third-order valence-corrected chi connectivity index (χ3v) is 7.02. The smallest absolute Gasteiger partial charge is 0.353 e. The monoisotopic (exact) mass is 426 g/mol. The fourth-order valence-electron chi connectivity index (χ4n) is 2.60. The first-order valence-electron chi connectivity index (χ1n) is 7.40. The molecule has 2 aromatic heterocycles. The molecule has 0 unspecified atom stereocenters. The number of β-lactam (4-membered cyclic amide) rings is 1. The molecule has 0 spiro atoms. The highest BCUT2D eigenvalue weighted by Gasteiger charge is 2.54. The zero-order valence-electron chi connectivity index (χ0n) is 13.3. The van der Waals surface area contributed by atoms with Crippen LogP contribution in [0.5, 0.6) is 0 Å². The summed E-state index contributed by atoms with van der Waals surface area (Å²) in [6.45, 7) is -0.131. The predicted molar refractivity (Wildman–Crippen MR) is 93.3 cm³/mol. The number of amides is 2. The number of tetrazole rings is 1. The summed E-state index contributed by atoms with van der Waals surface area (Å²) >= 11 is 3.85. The zero-order chi connectivity index (χ0) is 19.0. The van der Waals surface area contributed by atoms with Crippen LogP contribution in [0.4, 0.5) is 0 Å². The first-order chi connectivity index (χ1) is 13.0. The maximum atomic E-state index is 12.5. The number of aliphatic carboxylic acids is 1. The quantitative estimate of drug-likeness (QED) is 0.547. The Hall–Kier alpha value is -2.52.